The summed E-state index contributed by atoms with van der Waals surface area (Å²) in [6.07, 6.45) is 0. The minimum absolute atomic E-state index is 0.00614. The Hall–Kier alpha value is -1.07. The van der Waals surface area contributed by atoms with Crippen LogP contribution in [-0.2, 0) is 4.74 Å². The van der Waals surface area contributed by atoms with Crippen molar-refractivity contribution in [2.75, 3.05) is 26.3 Å². The van der Waals surface area contributed by atoms with Gasteiger partial charge in [0, 0.05) is 0 Å². The van der Waals surface area contributed by atoms with E-state index in [0.717, 1.165) is 12.1 Å². The Morgan fingerprint density at radius 3 is 1.95 bits per heavy atom. The van der Waals surface area contributed by atoms with E-state index in [4.69, 9.17) is 4.74 Å². The van der Waals surface area contributed by atoms with Gasteiger partial charge >= 0.3 is 112 Å². The first kappa shape index (κ1) is 15.3. The van der Waals surface area contributed by atoms with Crippen LogP contribution >= 0.6 is 7.50 Å². The zero-order chi connectivity index (χ0) is 15.1. The Morgan fingerprint density at radius 2 is 1.50 bits per heavy atom. The second-order valence-electron chi connectivity index (χ2n) is 4.85. The fourth-order valence-electron chi connectivity index (χ4n) is 2.17. The van der Waals surface area contributed by atoms with Gasteiger partial charge in [0.2, 0.25) is 0 Å². The summed E-state index contributed by atoms with van der Waals surface area (Å²) in [6, 6.07) is 4.95. The maximum atomic E-state index is 13.3. The van der Waals surface area contributed by atoms with Gasteiger partial charge in [-0.3, -0.25) is 0 Å². The van der Waals surface area contributed by atoms with Crippen LogP contribution in [0.15, 0.2) is 24.3 Å². The number of rotatable bonds is 2. The summed E-state index contributed by atoms with van der Waals surface area (Å²) >= 11 is 0. The van der Waals surface area contributed by atoms with Crippen molar-refractivity contribution >= 4 is 13.0 Å². The Morgan fingerprint density at radius 1 is 1.00 bits per heavy atom. The molecule has 114 valence electrons. The van der Waals surface area contributed by atoms with Gasteiger partial charge in [-0.25, -0.2) is 0 Å². The summed E-state index contributed by atoms with van der Waals surface area (Å²) in [4.78, 5) is 0. The molecule has 0 atom stereocenters. The molecule has 0 N–H and O–H groups in total. The van der Waals surface area contributed by atoms with Gasteiger partial charge in [0.25, 0.3) is 0 Å². The van der Waals surface area contributed by atoms with Crippen molar-refractivity contribution in [1.29, 1.82) is 0 Å². The SMILES string of the molecule is Cc1ccc(C(=[N+]2CCOCC2)[P-](F)(F)(F)(F)F)cc1. The Kier molecular flexibility index (Phi) is 3.23. The van der Waals surface area contributed by atoms with E-state index in [0.29, 0.717) is 10.1 Å². The van der Waals surface area contributed by atoms with E-state index >= 15 is 0 Å². The van der Waals surface area contributed by atoms with Crippen LogP contribution in [0.1, 0.15) is 11.1 Å². The molecule has 0 aliphatic carbocycles. The average molecular weight is 315 g/mol. The van der Waals surface area contributed by atoms with Gasteiger partial charge in [-0.2, -0.15) is 0 Å². The average Bonchev–Trinajstić information content (AvgIpc) is 2.30. The number of hydrogen-bond acceptors (Lipinski definition) is 1. The number of ether oxygens (including phenoxy) is 1. The van der Waals surface area contributed by atoms with Gasteiger partial charge in [-0.05, 0) is 0 Å². The van der Waals surface area contributed by atoms with E-state index in [2.05, 4.69) is 0 Å². The molecule has 2 rings (SSSR count). The van der Waals surface area contributed by atoms with Crippen LogP contribution in [0.25, 0.3) is 0 Å². The van der Waals surface area contributed by atoms with Crippen molar-refractivity contribution in [2.45, 2.75) is 6.92 Å². The minimum atomic E-state index is -10.0. The molecule has 8 heteroatoms. The molecule has 1 heterocycles. The molecular formula is C12H15F5NOP. The number of aryl methyl sites for hydroxylation is 1. The van der Waals surface area contributed by atoms with Gasteiger partial charge in [0.15, 0.2) is 0 Å². The molecule has 1 aliphatic heterocycles. The summed E-state index contributed by atoms with van der Waals surface area (Å²) < 4.78 is 72.4. The zero-order valence-electron chi connectivity index (χ0n) is 10.8. The third kappa shape index (κ3) is 3.52. The summed E-state index contributed by atoms with van der Waals surface area (Å²) in [5, 5.41) is 0. The van der Waals surface area contributed by atoms with E-state index in [9.17, 15) is 21.0 Å². The Bertz CT molecular complexity index is 541. The van der Waals surface area contributed by atoms with E-state index in [1.807, 2.05) is 0 Å². The van der Waals surface area contributed by atoms with Gasteiger partial charge in [-0.1, -0.05) is 0 Å². The first-order valence-corrected chi connectivity index (χ1v) is 8.21. The summed E-state index contributed by atoms with van der Waals surface area (Å²) in [5.41, 5.74) is -1.58. The first-order chi connectivity index (χ1) is 8.97. The number of halogens is 5. The second kappa shape index (κ2) is 4.21. The van der Waals surface area contributed by atoms with Crippen LogP contribution in [-0.4, -0.2) is 36.3 Å². The van der Waals surface area contributed by atoms with Crippen molar-refractivity contribution < 1.29 is 30.3 Å². The predicted octanol–water partition coefficient (Wildman–Crippen LogP) is 4.30. The molecule has 0 bridgehead atoms. The van der Waals surface area contributed by atoms with Crippen molar-refractivity contribution in [3.05, 3.63) is 35.4 Å². The Balaban J connectivity index is 2.66. The standard InChI is InChI=1S/C12H15F5NOP/c1-10-2-4-11(5-3-10)12(20(13,14,15,16)17)18-6-8-19-9-7-18/h2-5H,6-9H2,1H3. The zero-order valence-corrected chi connectivity index (χ0v) is 11.7. The molecular weight excluding hydrogens is 300 g/mol. The maximum absolute atomic E-state index is 13.3. The second-order valence-corrected chi connectivity index (χ2v) is 7.40. The summed E-state index contributed by atoms with van der Waals surface area (Å²) in [5.74, 6) is 0. The fraction of sp³-hybridized carbons (Fsp3) is 0.417. The van der Waals surface area contributed by atoms with E-state index < -0.39 is 18.5 Å². The fourth-order valence-corrected chi connectivity index (χ4v) is 3.54. The molecule has 1 fully saturated rings. The molecule has 1 aromatic rings. The molecule has 1 aromatic carbocycles. The first-order valence-electron chi connectivity index (χ1n) is 6.07. The summed E-state index contributed by atoms with van der Waals surface area (Å²) in [6.45, 7) is 1.30. The monoisotopic (exact) mass is 315 g/mol. The molecule has 1 saturated heterocycles. The van der Waals surface area contributed by atoms with Crippen molar-refractivity contribution in [2.24, 2.45) is 0 Å². The van der Waals surface area contributed by atoms with Gasteiger partial charge in [0.1, 0.15) is 0 Å². The molecule has 0 spiro atoms. The van der Waals surface area contributed by atoms with Crippen molar-refractivity contribution in [1.82, 2.24) is 0 Å². The van der Waals surface area contributed by atoms with Crippen LogP contribution in [0.3, 0.4) is 0 Å². The van der Waals surface area contributed by atoms with Gasteiger partial charge in [0.05, 0.1) is 0 Å². The molecule has 0 unspecified atom stereocenters. The summed E-state index contributed by atoms with van der Waals surface area (Å²) in [7, 11) is -10.0. The molecule has 1 aliphatic rings. The van der Waals surface area contributed by atoms with Crippen LogP contribution in [0.4, 0.5) is 21.0 Å². The molecule has 2 nitrogen and oxygen atoms in total. The Labute approximate surface area is 113 Å². The number of hydrogen-bond donors (Lipinski definition) is 0. The van der Waals surface area contributed by atoms with Gasteiger partial charge in [-0.15, -0.1) is 0 Å². The molecule has 20 heavy (non-hydrogen) atoms. The third-order valence-corrected chi connectivity index (χ3v) is 4.36. The van der Waals surface area contributed by atoms with Crippen molar-refractivity contribution in [3.63, 3.8) is 0 Å². The molecule has 0 saturated carbocycles. The number of nitrogens with zero attached hydrogens (tertiary/aromatic N) is 1. The molecule has 0 aromatic heterocycles. The van der Waals surface area contributed by atoms with Crippen molar-refractivity contribution in [3.8, 4) is 0 Å². The van der Waals surface area contributed by atoms with E-state index in [1.165, 1.54) is 12.1 Å². The van der Waals surface area contributed by atoms with Gasteiger partial charge < -0.3 is 0 Å². The number of benzene rings is 1. The predicted molar refractivity (Wildman–Crippen MR) is 68.6 cm³/mol. The van der Waals surface area contributed by atoms with E-state index in [1.54, 1.807) is 6.92 Å². The molecule has 0 amide bonds. The van der Waals surface area contributed by atoms with Crippen LogP contribution < -0.4 is 0 Å². The topological polar surface area (TPSA) is 12.2 Å². The quantitative estimate of drug-likeness (QED) is 0.450. The molecule has 0 radical (unpaired) electrons. The third-order valence-electron chi connectivity index (χ3n) is 3.02. The van der Waals surface area contributed by atoms with Crippen LogP contribution in [0, 0.1) is 6.92 Å². The normalized spacial score (nSPS) is 20.2. The number of morpholine rings is 1. The van der Waals surface area contributed by atoms with Crippen LogP contribution in [0.5, 0.6) is 0 Å². The van der Waals surface area contributed by atoms with E-state index in [-0.39, 0.29) is 26.3 Å². The van der Waals surface area contributed by atoms with Crippen LogP contribution in [0.2, 0.25) is 0 Å².